The van der Waals surface area contributed by atoms with E-state index in [0.29, 0.717) is 6.04 Å². The normalized spacial score (nSPS) is 30.5. The third-order valence-electron chi connectivity index (χ3n) is 5.32. The number of rotatable bonds is 5. The molecule has 2 fully saturated rings. The van der Waals surface area contributed by atoms with Crippen LogP contribution < -0.4 is 5.32 Å². The van der Waals surface area contributed by atoms with Gasteiger partial charge in [-0.3, -0.25) is 4.90 Å². The van der Waals surface area contributed by atoms with Crippen LogP contribution >= 0.6 is 0 Å². The van der Waals surface area contributed by atoms with Crippen LogP contribution in [-0.2, 0) is 6.54 Å². The molecule has 0 radical (unpaired) electrons. The van der Waals surface area contributed by atoms with Crippen molar-refractivity contribution in [2.45, 2.75) is 57.7 Å². The Balaban J connectivity index is 1.78. The minimum absolute atomic E-state index is 0.0683. The van der Waals surface area contributed by atoms with Gasteiger partial charge in [0.2, 0.25) is 0 Å². The molecule has 0 amide bonds. The number of nitrogens with zero attached hydrogens (tertiary/aromatic N) is 1. The highest BCUT2D eigenvalue weighted by Gasteiger charge is 2.48. The Morgan fingerprint density at radius 1 is 1.33 bits per heavy atom. The molecule has 1 saturated heterocycles. The van der Waals surface area contributed by atoms with E-state index in [1.807, 2.05) is 12.1 Å². The average Bonchev–Trinajstić information content (AvgIpc) is 3.30. The smallest absolute Gasteiger partial charge is 0.127 e. The second-order valence-electron chi connectivity index (χ2n) is 6.97. The highest BCUT2D eigenvalue weighted by molar-refractivity contribution is 5.18. The maximum atomic E-state index is 14.0. The lowest BCUT2D eigenvalue weighted by atomic mass is 9.88. The van der Waals surface area contributed by atoms with Crippen molar-refractivity contribution in [2.24, 2.45) is 5.92 Å². The summed E-state index contributed by atoms with van der Waals surface area (Å²) >= 11 is 0. The van der Waals surface area contributed by atoms with Gasteiger partial charge in [-0.2, -0.15) is 0 Å². The average molecular weight is 290 g/mol. The number of halogens is 1. The third kappa shape index (κ3) is 3.14. The topological polar surface area (TPSA) is 15.3 Å². The van der Waals surface area contributed by atoms with Crippen LogP contribution in [0.25, 0.3) is 0 Å². The van der Waals surface area contributed by atoms with Gasteiger partial charge in [-0.05, 0) is 38.2 Å². The molecule has 2 aliphatic rings. The second kappa shape index (κ2) is 6.05. The molecule has 1 aliphatic heterocycles. The molecule has 0 spiro atoms. The summed E-state index contributed by atoms with van der Waals surface area (Å²) in [7, 11) is 0. The van der Waals surface area contributed by atoms with Crippen LogP contribution in [0.4, 0.5) is 4.39 Å². The molecular weight excluding hydrogens is 263 g/mol. The Morgan fingerprint density at radius 2 is 2.10 bits per heavy atom. The summed E-state index contributed by atoms with van der Waals surface area (Å²) in [5.74, 6) is 0.709. The Labute approximate surface area is 127 Å². The zero-order valence-corrected chi connectivity index (χ0v) is 13.2. The lowest BCUT2D eigenvalue weighted by Crippen LogP contribution is -2.64. The Morgan fingerprint density at radius 3 is 2.76 bits per heavy atom. The standard InChI is InChI=1S/C18H27FN2/c1-3-6-16-12-21(11-14-7-4-5-8-17(14)19)18(2,13-20-16)15-9-10-15/h4-5,7-8,15-16,20H,3,6,9-13H2,1-2H3. The third-order valence-corrected chi connectivity index (χ3v) is 5.32. The first-order valence-corrected chi connectivity index (χ1v) is 8.35. The summed E-state index contributed by atoms with van der Waals surface area (Å²) < 4.78 is 14.0. The van der Waals surface area contributed by atoms with Crippen LogP contribution in [0, 0.1) is 11.7 Å². The van der Waals surface area contributed by atoms with E-state index in [2.05, 4.69) is 24.1 Å². The van der Waals surface area contributed by atoms with Crippen molar-refractivity contribution in [3.05, 3.63) is 35.6 Å². The molecule has 2 atom stereocenters. The Bertz CT molecular complexity index is 486. The lowest BCUT2D eigenvalue weighted by Gasteiger charge is -2.49. The van der Waals surface area contributed by atoms with Crippen molar-refractivity contribution in [1.29, 1.82) is 0 Å². The van der Waals surface area contributed by atoms with E-state index < -0.39 is 0 Å². The first-order valence-electron chi connectivity index (χ1n) is 8.35. The van der Waals surface area contributed by atoms with Gasteiger partial charge in [0.1, 0.15) is 5.82 Å². The van der Waals surface area contributed by atoms with Crippen molar-refractivity contribution in [2.75, 3.05) is 13.1 Å². The summed E-state index contributed by atoms with van der Waals surface area (Å²) in [6, 6.07) is 7.78. The molecule has 3 heteroatoms. The zero-order chi connectivity index (χ0) is 14.9. The molecule has 116 valence electrons. The number of benzene rings is 1. The molecule has 1 aromatic carbocycles. The summed E-state index contributed by atoms with van der Waals surface area (Å²) in [4.78, 5) is 2.54. The van der Waals surface area contributed by atoms with Gasteiger partial charge >= 0.3 is 0 Å². The fourth-order valence-corrected chi connectivity index (χ4v) is 3.73. The minimum Gasteiger partial charge on any atom is -0.311 e. The first kappa shape index (κ1) is 15.0. The quantitative estimate of drug-likeness (QED) is 0.892. The molecule has 3 rings (SSSR count). The fourth-order valence-electron chi connectivity index (χ4n) is 3.73. The van der Waals surface area contributed by atoms with Crippen molar-refractivity contribution >= 4 is 0 Å². The fraction of sp³-hybridized carbons (Fsp3) is 0.667. The molecule has 1 saturated carbocycles. The lowest BCUT2D eigenvalue weighted by molar-refractivity contribution is 0.0252. The predicted molar refractivity (Wildman–Crippen MR) is 84.6 cm³/mol. The molecule has 1 N–H and O–H groups in total. The van der Waals surface area contributed by atoms with E-state index in [-0.39, 0.29) is 11.4 Å². The van der Waals surface area contributed by atoms with Gasteiger partial charge in [-0.15, -0.1) is 0 Å². The van der Waals surface area contributed by atoms with E-state index in [9.17, 15) is 4.39 Å². The largest absolute Gasteiger partial charge is 0.311 e. The SMILES string of the molecule is CCCC1CN(Cc2ccccc2F)C(C)(C2CC2)CN1. The molecule has 1 aromatic rings. The number of nitrogens with one attached hydrogen (secondary N) is 1. The maximum absolute atomic E-state index is 14.0. The summed E-state index contributed by atoms with van der Waals surface area (Å²) in [5.41, 5.74) is 1.02. The molecular formula is C18H27FN2. The zero-order valence-electron chi connectivity index (χ0n) is 13.2. The first-order chi connectivity index (χ1) is 10.1. The number of hydrogen-bond acceptors (Lipinski definition) is 2. The van der Waals surface area contributed by atoms with Crippen molar-refractivity contribution < 1.29 is 4.39 Å². The number of hydrogen-bond donors (Lipinski definition) is 1. The van der Waals surface area contributed by atoms with Crippen molar-refractivity contribution in [1.82, 2.24) is 10.2 Å². The van der Waals surface area contributed by atoms with Crippen LogP contribution in [0.15, 0.2) is 24.3 Å². The second-order valence-corrected chi connectivity index (χ2v) is 6.97. The van der Waals surface area contributed by atoms with Crippen LogP contribution in [0.2, 0.25) is 0 Å². The summed E-state index contributed by atoms with van der Waals surface area (Å²) in [5, 5.41) is 3.73. The van der Waals surface area contributed by atoms with Gasteiger partial charge in [0.15, 0.2) is 0 Å². The minimum atomic E-state index is -0.0683. The maximum Gasteiger partial charge on any atom is 0.127 e. The van der Waals surface area contributed by atoms with Gasteiger partial charge in [0.25, 0.3) is 0 Å². The van der Waals surface area contributed by atoms with Crippen molar-refractivity contribution in [3.8, 4) is 0 Å². The molecule has 2 nitrogen and oxygen atoms in total. The molecule has 0 bridgehead atoms. The van der Waals surface area contributed by atoms with Gasteiger partial charge < -0.3 is 5.32 Å². The van der Waals surface area contributed by atoms with Gasteiger partial charge in [0.05, 0.1) is 0 Å². The van der Waals surface area contributed by atoms with E-state index >= 15 is 0 Å². The van der Waals surface area contributed by atoms with Crippen molar-refractivity contribution in [3.63, 3.8) is 0 Å². The molecule has 1 aliphatic carbocycles. The van der Waals surface area contributed by atoms with Crippen LogP contribution in [0.5, 0.6) is 0 Å². The molecule has 0 aromatic heterocycles. The van der Waals surface area contributed by atoms with Gasteiger partial charge in [-0.1, -0.05) is 31.5 Å². The highest BCUT2D eigenvalue weighted by Crippen LogP contribution is 2.44. The number of piperazine rings is 1. The Kier molecular flexibility index (Phi) is 4.32. The molecule has 21 heavy (non-hydrogen) atoms. The van der Waals surface area contributed by atoms with E-state index in [1.165, 1.54) is 25.7 Å². The Hall–Kier alpha value is -0.930. The van der Waals surface area contributed by atoms with E-state index in [1.54, 1.807) is 12.1 Å². The van der Waals surface area contributed by atoms with E-state index in [4.69, 9.17) is 0 Å². The summed E-state index contributed by atoms with van der Waals surface area (Å²) in [6.07, 6.45) is 5.05. The van der Waals surface area contributed by atoms with Crippen LogP contribution in [0.1, 0.15) is 45.1 Å². The molecule has 2 unspecified atom stereocenters. The monoisotopic (exact) mass is 290 g/mol. The van der Waals surface area contributed by atoms with Gasteiger partial charge in [0, 0.05) is 36.8 Å². The summed E-state index contributed by atoms with van der Waals surface area (Å²) in [6.45, 7) is 7.41. The van der Waals surface area contributed by atoms with Crippen LogP contribution in [-0.4, -0.2) is 29.6 Å². The van der Waals surface area contributed by atoms with E-state index in [0.717, 1.165) is 31.1 Å². The van der Waals surface area contributed by atoms with Crippen LogP contribution in [0.3, 0.4) is 0 Å². The highest BCUT2D eigenvalue weighted by atomic mass is 19.1. The molecule has 1 heterocycles. The predicted octanol–water partition coefficient (Wildman–Crippen LogP) is 3.57. The van der Waals surface area contributed by atoms with Gasteiger partial charge in [-0.25, -0.2) is 4.39 Å².